The number of hydrogen-bond acceptors (Lipinski definition) is 2. The van der Waals surface area contributed by atoms with Crippen LogP contribution in [0.15, 0.2) is 24.3 Å². The van der Waals surface area contributed by atoms with Crippen LogP contribution < -0.4 is 11.1 Å². The zero-order valence-electron chi connectivity index (χ0n) is 10.6. The van der Waals surface area contributed by atoms with Gasteiger partial charge >= 0.3 is 0 Å². The third kappa shape index (κ3) is 2.85. The molecule has 3 nitrogen and oxygen atoms in total. The molecule has 3 N–H and O–H groups in total. The molecule has 1 saturated carbocycles. The maximum atomic E-state index is 12.3. The molecular formula is C14H19ClN2O. The van der Waals surface area contributed by atoms with Crippen LogP contribution in [0.25, 0.3) is 0 Å². The summed E-state index contributed by atoms with van der Waals surface area (Å²) in [6, 6.07) is 7.22. The Bertz CT molecular complexity index is 449. The van der Waals surface area contributed by atoms with E-state index >= 15 is 0 Å². The first-order valence-electron chi connectivity index (χ1n) is 6.36. The second kappa shape index (κ2) is 5.29. The van der Waals surface area contributed by atoms with Crippen molar-refractivity contribution < 1.29 is 4.79 Å². The van der Waals surface area contributed by atoms with Crippen molar-refractivity contribution in [1.29, 1.82) is 0 Å². The number of benzene rings is 1. The number of rotatable bonds is 2. The van der Waals surface area contributed by atoms with E-state index < -0.39 is 5.54 Å². The Hall–Kier alpha value is -1.06. The Labute approximate surface area is 113 Å². The molecule has 1 aliphatic rings. The maximum absolute atomic E-state index is 12.3. The molecular weight excluding hydrogens is 248 g/mol. The molecule has 0 aliphatic heterocycles. The molecule has 0 radical (unpaired) electrons. The molecule has 0 spiro atoms. The van der Waals surface area contributed by atoms with Gasteiger partial charge in [-0.1, -0.05) is 43.5 Å². The summed E-state index contributed by atoms with van der Waals surface area (Å²) in [5, 5.41) is 3.39. The van der Waals surface area contributed by atoms with Gasteiger partial charge in [-0.2, -0.15) is 0 Å². The van der Waals surface area contributed by atoms with Crippen molar-refractivity contribution in [1.82, 2.24) is 0 Å². The number of amides is 1. The van der Waals surface area contributed by atoms with Gasteiger partial charge in [-0.05, 0) is 30.9 Å². The Morgan fingerprint density at radius 1 is 1.50 bits per heavy atom. The highest BCUT2D eigenvalue weighted by atomic mass is 35.5. The number of carbonyl (C=O) groups excluding carboxylic acids is 1. The van der Waals surface area contributed by atoms with E-state index in [9.17, 15) is 4.79 Å². The number of anilines is 1. The average molecular weight is 267 g/mol. The summed E-state index contributed by atoms with van der Waals surface area (Å²) in [5.41, 5.74) is 6.11. The van der Waals surface area contributed by atoms with Crippen LogP contribution in [0.4, 0.5) is 5.69 Å². The van der Waals surface area contributed by atoms with Crippen molar-refractivity contribution in [3.8, 4) is 0 Å². The van der Waals surface area contributed by atoms with Gasteiger partial charge < -0.3 is 11.1 Å². The van der Waals surface area contributed by atoms with Crippen molar-refractivity contribution in [2.75, 3.05) is 5.32 Å². The first-order valence-corrected chi connectivity index (χ1v) is 6.74. The first kappa shape index (κ1) is 13.4. The molecule has 1 fully saturated rings. The van der Waals surface area contributed by atoms with Gasteiger partial charge in [0.15, 0.2) is 0 Å². The predicted molar refractivity (Wildman–Crippen MR) is 74.6 cm³/mol. The minimum Gasteiger partial charge on any atom is -0.323 e. The molecule has 98 valence electrons. The molecule has 0 heterocycles. The molecule has 1 aromatic carbocycles. The summed E-state index contributed by atoms with van der Waals surface area (Å²) in [6.45, 7) is 2.14. The molecule has 1 amide bonds. The van der Waals surface area contributed by atoms with Gasteiger partial charge in [0.25, 0.3) is 0 Å². The molecule has 0 saturated heterocycles. The Kier molecular flexibility index (Phi) is 3.93. The van der Waals surface area contributed by atoms with Crippen LogP contribution >= 0.6 is 11.6 Å². The third-order valence-electron chi connectivity index (χ3n) is 3.61. The fourth-order valence-electron chi connectivity index (χ4n) is 2.61. The second-order valence-electron chi connectivity index (χ2n) is 5.29. The van der Waals surface area contributed by atoms with Gasteiger partial charge in [0.05, 0.1) is 16.2 Å². The normalized spacial score (nSPS) is 27.8. The predicted octanol–water partition coefficient (Wildman–Crippen LogP) is 3.19. The highest BCUT2D eigenvalue weighted by Crippen LogP contribution is 2.32. The lowest BCUT2D eigenvalue weighted by molar-refractivity contribution is -0.122. The van der Waals surface area contributed by atoms with Crippen LogP contribution in [-0.4, -0.2) is 11.4 Å². The minimum absolute atomic E-state index is 0.123. The van der Waals surface area contributed by atoms with E-state index in [4.69, 9.17) is 17.3 Å². The molecule has 1 aromatic rings. The molecule has 2 unspecified atom stereocenters. The number of nitrogens with two attached hydrogens (primary N) is 1. The van der Waals surface area contributed by atoms with Crippen LogP contribution in [0.3, 0.4) is 0 Å². The van der Waals surface area contributed by atoms with Crippen LogP contribution in [0.5, 0.6) is 0 Å². The van der Waals surface area contributed by atoms with Crippen LogP contribution in [0.1, 0.15) is 32.6 Å². The summed E-state index contributed by atoms with van der Waals surface area (Å²) in [6.07, 6.45) is 3.64. The van der Waals surface area contributed by atoms with Crippen molar-refractivity contribution in [3.63, 3.8) is 0 Å². The van der Waals surface area contributed by atoms with Gasteiger partial charge in [-0.15, -0.1) is 0 Å². The van der Waals surface area contributed by atoms with E-state index in [-0.39, 0.29) is 5.91 Å². The van der Waals surface area contributed by atoms with Crippen molar-refractivity contribution in [2.24, 2.45) is 11.7 Å². The van der Waals surface area contributed by atoms with Gasteiger partial charge in [-0.3, -0.25) is 4.79 Å². The molecule has 1 aliphatic carbocycles. The summed E-state index contributed by atoms with van der Waals surface area (Å²) in [5.74, 6) is 0.378. The smallest absolute Gasteiger partial charge is 0.244 e. The SMILES string of the molecule is CC1CCCC(N)(C(=O)Nc2ccccc2Cl)C1. The quantitative estimate of drug-likeness (QED) is 0.864. The third-order valence-corrected chi connectivity index (χ3v) is 3.94. The number of halogens is 1. The molecule has 18 heavy (non-hydrogen) atoms. The standard InChI is InChI=1S/C14H19ClN2O/c1-10-5-4-8-14(16,9-10)13(18)17-12-7-3-2-6-11(12)15/h2-3,6-7,10H,4-5,8-9,16H2,1H3,(H,17,18). The van der Waals surface area contributed by atoms with Crippen molar-refractivity contribution in [2.45, 2.75) is 38.1 Å². The zero-order valence-corrected chi connectivity index (χ0v) is 11.3. The van der Waals surface area contributed by atoms with E-state index in [0.717, 1.165) is 25.7 Å². The second-order valence-corrected chi connectivity index (χ2v) is 5.70. The molecule has 0 aromatic heterocycles. The monoisotopic (exact) mass is 266 g/mol. The Morgan fingerprint density at radius 2 is 2.22 bits per heavy atom. The Balaban J connectivity index is 2.10. The molecule has 0 bridgehead atoms. The Morgan fingerprint density at radius 3 is 2.89 bits per heavy atom. The highest BCUT2D eigenvalue weighted by Gasteiger charge is 2.38. The average Bonchev–Trinajstić information content (AvgIpc) is 2.31. The summed E-state index contributed by atoms with van der Waals surface area (Å²) in [7, 11) is 0. The summed E-state index contributed by atoms with van der Waals surface area (Å²) in [4.78, 5) is 12.3. The van der Waals surface area contributed by atoms with E-state index in [2.05, 4.69) is 12.2 Å². The van der Waals surface area contributed by atoms with E-state index in [1.54, 1.807) is 12.1 Å². The van der Waals surface area contributed by atoms with E-state index in [1.807, 2.05) is 12.1 Å². The molecule has 4 heteroatoms. The van der Waals surface area contributed by atoms with Crippen LogP contribution in [-0.2, 0) is 4.79 Å². The highest BCUT2D eigenvalue weighted by molar-refractivity contribution is 6.33. The number of para-hydroxylation sites is 1. The fraction of sp³-hybridized carbons (Fsp3) is 0.500. The number of nitrogens with one attached hydrogen (secondary N) is 1. The van der Waals surface area contributed by atoms with E-state index in [1.165, 1.54) is 0 Å². The maximum Gasteiger partial charge on any atom is 0.244 e. The van der Waals surface area contributed by atoms with E-state index in [0.29, 0.717) is 16.6 Å². The van der Waals surface area contributed by atoms with Crippen molar-refractivity contribution >= 4 is 23.2 Å². The minimum atomic E-state index is -0.753. The largest absolute Gasteiger partial charge is 0.323 e. The number of carbonyl (C=O) groups is 1. The molecule has 2 rings (SSSR count). The van der Waals surface area contributed by atoms with Crippen molar-refractivity contribution in [3.05, 3.63) is 29.3 Å². The van der Waals surface area contributed by atoms with Crippen LogP contribution in [0.2, 0.25) is 5.02 Å². The van der Waals surface area contributed by atoms with Gasteiger partial charge in [0.1, 0.15) is 0 Å². The lowest BCUT2D eigenvalue weighted by Crippen LogP contribution is -2.53. The van der Waals surface area contributed by atoms with Gasteiger partial charge in [-0.25, -0.2) is 0 Å². The van der Waals surface area contributed by atoms with Gasteiger partial charge in [0, 0.05) is 0 Å². The lowest BCUT2D eigenvalue weighted by Gasteiger charge is -2.35. The van der Waals surface area contributed by atoms with Gasteiger partial charge in [0.2, 0.25) is 5.91 Å². The topological polar surface area (TPSA) is 55.1 Å². The van der Waals surface area contributed by atoms with Crippen LogP contribution in [0, 0.1) is 5.92 Å². The lowest BCUT2D eigenvalue weighted by atomic mass is 9.76. The summed E-state index contributed by atoms with van der Waals surface area (Å²) >= 11 is 6.03. The zero-order chi connectivity index (χ0) is 13.2. The molecule has 2 atom stereocenters. The first-order chi connectivity index (χ1) is 8.51. The fourth-order valence-corrected chi connectivity index (χ4v) is 2.79. The summed E-state index contributed by atoms with van der Waals surface area (Å²) < 4.78 is 0. The number of hydrogen-bond donors (Lipinski definition) is 2.